The van der Waals surface area contributed by atoms with Crippen molar-refractivity contribution in [3.05, 3.63) is 0 Å². The van der Waals surface area contributed by atoms with E-state index in [-0.39, 0.29) is 24.5 Å². The molecule has 22 heavy (non-hydrogen) atoms. The predicted octanol–water partition coefficient (Wildman–Crippen LogP) is 1.82. The predicted molar refractivity (Wildman–Crippen MR) is 80.6 cm³/mol. The van der Waals surface area contributed by atoms with Crippen LogP contribution < -0.4 is 0 Å². The van der Waals surface area contributed by atoms with E-state index in [9.17, 15) is 9.59 Å². The van der Waals surface area contributed by atoms with Gasteiger partial charge in [-0.15, -0.1) is 0 Å². The number of likely N-dealkylation sites (tertiary alicyclic amines) is 1. The number of ether oxygens (including phenoxy) is 2. The third kappa shape index (κ3) is 5.57. The van der Waals surface area contributed by atoms with Crippen molar-refractivity contribution in [2.24, 2.45) is 0 Å². The van der Waals surface area contributed by atoms with Crippen LogP contribution in [0.2, 0.25) is 0 Å². The lowest BCUT2D eigenvalue weighted by molar-refractivity contribution is -0.141. The fourth-order valence-electron chi connectivity index (χ4n) is 3.22. The number of amides is 1. The van der Waals surface area contributed by atoms with Crippen molar-refractivity contribution in [2.45, 2.75) is 63.5 Å². The van der Waals surface area contributed by atoms with Gasteiger partial charge in [-0.3, -0.25) is 9.59 Å². The van der Waals surface area contributed by atoms with Crippen molar-refractivity contribution < 1.29 is 24.2 Å². The third-order valence-corrected chi connectivity index (χ3v) is 4.48. The van der Waals surface area contributed by atoms with Crippen molar-refractivity contribution in [1.82, 2.24) is 4.90 Å². The molecule has 1 N–H and O–H groups in total. The molecule has 2 heterocycles. The van der Waals surface area contributed by atoms with E-state index in [1.54, 1.807) is 0 Å². The maximum Gasteiger partial charge on any atom is 0.303 e. The Kier molecular flexibility index (Phi) is 7.12. The molecule has 0 spiro atoms. The van der Waals surface area contributed by atoms with Crippen LogP contribution in [0.4, 0.5) is 0 Å². The standard InChI is InChI=1S/C16H27NO5/c18-15(8-12-22-14-6-10-21-11-7-14)17-9-2-1-3-13(17)4-5-16(19)20/h13-14H,1-12H2,(H,19,20). The highest BCUT2D eigenvalue weighted by atomic mass is 16.5. The molecular formula is C16H27NO5. The summed E-state index contributed by atoms with van der Waals surface area (Å²) in [5.41, 5.74) is 0. The number of carbonyl (C=O) groups is 2. The Morgan fingerprint density at radius 2 is 1.91 bits per heavy atom. The number of piperidine rings is 1. The van der Waals surface area contributed by atoms with Crippen LogP contribution in [0.1, 0.15) is 51.4 Å². The van der Waals surface area contributed by atoms with Crippen LogP contribution in [0.15, 0.2) is 0 Å². The monoisotopic (exact) mass is 313 g/mol. The summed E-state index contributed by atoms with van der Waals surface area (Å²) in [5.74, 6) is -0.692. The van der Waals surface area contributed by atoms with Gasteiger partial charge in [-0.05, 0) is 38.5 Å². The molecule has 1 atom stereocenters. The molecule has 1 unspecified atom stereocenters. The summed E-state index contributed by atoms with van der Waals surface area (Å²) in [5, 5.41) is 8.82. The number of carboxylic acid groups (broad SMARTS) is 1. The van der Waals surface area contributed by atoms with E-state index in [0.717, 1.165) is 51.9 Å². The molecule has 126 valence electrons. The van der Waals surface area contributed by atoms with Crippen LogP contribution in [0.3, 0.4) is 0 Å². The van der Waals surface area contributed by atoms with E-state index in [0.29, 0.717) is 19.4 Å². The molecule has 2 rings (SSSR count). The summed E-state index contributed by atoms with van der Waals surface area (Å²) in [7, 11) is 0. The Morgan fingerprint density at radius 3 is 2.64 bits per heavy atom. The van der Waals surface area contributed by atoms with E-state index in [2.05, 4.69) is 0 Å². The molecule has 0 aromatic rings. The SMILES string of the molecule is O=C(O)CCC1CCCCN1C(=O)CCOC1CCOCC1. The molecule has 0 aromatic carbocycles. The smallest absolute Gasteiger partial charge is 0.303 e. The number of hydrogen-bond donors (Lipinski definition) is 1. The van der Waals surface area contributed by atoms with Crippen LogP contribution in [-0.2, 0) is 19.1 Å². The molecule has 6 nitrogen and oxygen atoms in total. The summed E-state index contributed by atoms with van der Waals surface area (Å²) in [6.07, 6.45) is 6.10. The van der Waals surface area contributed by atoms with Gasteiger partial charge < -0.3 is 19.5 Å². The van der Waals surface area contributed by atoms with Gasteiger partial charge in [-0.2, -0.15) is 0 Å². The highest BCUT2D eigenvalue weighted by Gasteiger charge is 2.27. The first-order chi connectivity index (χ1) is 10.7. The van der Waals surface area contributed by atoms with Gasteiger partial charge >= 0.3 is 5.97 Å². The van der Waals surface area contributed by atoms with Gasteiger partial charge in [0, 0.05) is 32.2 Å². The number of carbonyl (C=O) groups excluding carboxylic acids is 1. The van der Waals surface area contributed by atoms with Crippen LogP contribution in [0.25, 0.3) is 0 Å². The normalized spacial score (nSPS) is 23.5. The van der Waals surface area contributed by atoms with Crippen LogP contribution >= 0.6 is 0 Å². The lowest BCUT2D eigenvalue weighted by atomic mass is 9.97. The first kappa shape index (κ1) is 17.2. The molecule has 2 saturated heterocycles. The molecular weight excluding hydrogens is 286 g/mol. The topological polar surface area (TPSA) is 76.1 Å². The van der Waals surface area contributed by atoms with Crippen molar-refractivity contribution in [2.75, 3.05) is 26.4 Å². The minimum Gasteiger partial charge on any atom is -0.481 e. The third-order valence-electron chi connectivity index (χ3n) is 4.48. The second-order valence-electron chi connectivity index (χ2n) is 6.10. The van der Waals surface area contributed by atoms with Gasteiger partial charge in [-0.25, -0.2) is 0 Å². The quantitative estimate of drug-likeness (QED) is 0.776. The molecule has 0 bridgehead atoms. The van der Waals surface area contributed by atoms with Gasteiger partial charge in [0.25, 0.3) is 0 Å². The first-order valence-electron chi connectivity index (χ1n) is 8.37. The minimum absolute atomic E-state index is 0.0837. The number of carboxylic acids is 1. The van der Waals surface area contributed by atoms with Crippen LogP contribution in [0, 0.1) is 0 Å². The van der Waals surface area contributed by atoms with Crippen LogP contribution in [-0.4, -0.2) is 60.4 Å². The van der Waals surface area contributed by atoms with E-state index in [4.69, 9.17) is 14.6 Å². The first-order valence-corrected chi connectivity index (χ1v) is 8.37. The number of rotatable bonds is 7. The van der Waals surface area contributed by atoms with Gasteiger partial charge in [0.2, 0.25) is 5.91 Å². The molecule has 2 aliphatic rings. The summed E-state index contributed by atoms with van der Waals surface area (Å²) in [6.45, 7) is 2.68. The highest BCUT2D eigenvalue weighted by Crippen LogP contribution is 2.22. The van der Waals surface area contributed by atoms with Gasteiger partial charge in [-0.1, -0.05) is 0 Å². The number of hydrogen-bond acceptors (Lipinski definition) is 4. The van der Waals surface area contributed by atoms with E-state index < -0.39 is 5.97 Å². The summed E-state index contributed by atoms with van der Waals surface area (Å²) in [4.78, 5) is 25.0. The Balaban J connectivity index is 1.72. The zero-order valence-corrected chi connectivity index (χ0v) is 13.2. The average molecular weight is 313 g/mol. The molecule has 1 amide bonds. The summed E-state index contributed by atoms with van der Waals surface area (Å²) in [6, 6.07) is 0.0837. The minimum atomic E-state index is -0.791. The van der Waals surface area contributed by atoms with Crippen molar-refractivity contribution in [1.29, 1.82) is 0 Å². The molecule has 0 aliphatic carbocycles. The summed E-state index contributed by atoms with van der Waals surface area (Å²) >= 11 is 0. The van der Waals surface area contributed by atoms with Crippen molar-refractivity contribution >= 4 is 11.9 Å². The maximum atomic E-state index is 12.4. The van der Waals surface area contributed by atoms with E-state index in [1.807, 2.05) is 4.90 Å². The molecule has 0 aromatic heterocycles. The molecule has 6 heteroatoms. The van der Waals surface area contributed by atoms with Gasteiger partial charge in [0.1, 0.15) is 0 Å². The lowest BCUT2D eigenvalue weighted by Crippen LogP contribution is -2.44. The van der Waals surface area contributed by atoms with E-state index in [1.165, 1.54) is 0 Å². The summed E-state index contributed by atoms with van der Waals surface area (Å²) < 4.78 is 11.0. The largest absolute Gasteiger partial charge is 0.481 e. The highest BCUT2D eigenvalue weighted by molar-refractivity contribution is 5.76. The molecule has 2 fully saturated rings. The molecule has 2 aliphatic heterocycles. The Morgan fingerprint density at radius 1 is 1.14 bits per heavy atom. The van der Waals surface area contributed by atoms with Gasteiger partial charge in [0.05, 0.1) is 19.1 Å². The molecule has 0 saturated carbocycles. The maximum absolute atomic E-state index is 12.4. The van der Waals surface area contributed by atoms with Crippen LogP contribution in [0.5, 0.6) is 0 Å². The van der Waals surface area contributed by atoms with Gasteiger partial charge in [0.15, 0.2) is 0 Å². The number of aliphatic carboxylic acids is 1. The average Bonchev–Trinajstić information content (AvgIpc) is 2.54. The van der Waals surface area contributed by atoms with Crippen molar-refractivity contribution in [3.63, 3.8) is 0 Å². The second-order valence-corrected chi connectivity index (χ2v) is 6.10. The fraction of sp³-hybridized carbons (Fsp3) is 0.875. The number of nitrogens with zero attached hydrogens (tertiary/aromatic N) is 1. The Labute approximate surface area is 131 Å². The van der Waals surface area contributed by atoms with E-state index >= 15 is 0 Å². The second kappa shape index (κ2) is 9.10. The zero-order chi connectivity index (χ0) is 15.8. The Bertz CT molecular complexity index is 368. The fourth-order valence-corrected chi connectivity index (χ4v) is 3.22. The molecule has 0 radical (unpaired) electrons. The lowest BCUT2D eigenvalue weighted by Gasteiger charge is -2.36. The van der Waals surface area contributed by atoms with Crippen molar-refractivity contribution in [3.8, 4) is 0 Å². The zero-order valence-electron chi connectivity index (χ0n) is 13.2. The Hall–Kier alpha value is -1.14.